The molecular formula is C17H20N2O5. The van der Waals surface area contributed by atoms with Crippen molar-refractivity contribution in [3.63, 3.8) is 0 Å². The second-order valence-corrected chi connectivity index (χ2v) is 5.61. The quantitative estimate of drug-likeness (QED) is 0.842. The molecule has 0 radical (unpaired) electrons. The summed E-state index contributed by atoms with van der Waals surface area (Å²) in [5.41, 5.74) is 2.23. The maximum Gasteiger partial charge on any atom is 0.339 e. The minimum atomic E-state index is -1.09. The molecule has 7 nitrogen and oxygen atoms in total. The van der Waals surface area contributed by atoms with E-state index in [1.165, 1.54) is 25.3 Å². The van der Waals surface area contributed by atoms with E-state index in [9.17, 15) is 9.59 Å². The number of aromatic carboxylic acids is 1. The van der Waals surface area contributed by atoms with Crippen LogP contribution in [0.2, 0.25) is 0 Å². The number of aromatic nitrogens is 1. The van der Waals surface area contributed by atoms with Crippen molar-refractivity contribution < 1.29 is 24.0 Å². The highest BCUT2D eigenvalue weighted by atomic mass is 16.5. The van der Waals surface area contributed by atoms with Crippen LogP contribution in [0.25, 0.3) is 0 Å². The molecule has 7 heteroatoms. The summed E-state index contributed by atoms with van der Waals surface area (Å²) in [5.74, 6) is -0.417. The Morgan fingerprint density at radius 2 is 2.08 bits per heavy atom. The lowest BCUT2D eigenvalue weighted by atomic mass is 9.96. The van der Waals surface area contributed by atoms with Gasteiger partial charge >= 0.3 is 5.97 Å². The van der Waals surface area contributed by atoms with Gasteiger partial charge in [0.25, 0.3) is 0 Å². The molecule has 2 N–H and O–H groups in total. The van der Waals surface area contributed by atoms with E-state index < -0.39 is 5.97 Å². The summed E-state index contributed by atoms with van der Waals surface area (Å²) in [6, 6.07) is 4.42. The van der Waals surface area contributed by atoms with Gasteiger partial charge in [-0.1, -0.05) is 12.1 Å². The zero-order valence-corrected chi connectivity index (χ0v) is 14.0. The van der Waals surface area contributed by atoms with Gasteiger partial charge in [0.1, 0.15) is 17.1 Å². The highest BCUT2D eigenvalue weighted by Gasteiger charge is 2.20. The summed E-state index contributed by atoms with van der Waals surface area (Å²) >= 11 is 0. The Hall–Kier alpha value is -2.83. The molecule has 1 aromatic carbocycles. The smallest absolute Gasteiger partial charge is 0.339 e. The van der Waals surface area contributed by atoms with Crippen molar-refractivity contribution >= 4 is 17.6 Å². The Morgan fingerprint density at radius 1 is 1.38 bits per heavy atom. The van der Waals surface area contributed by atoms with Gasteiger partial charge in [-0.3, -0.25) is 4.79 Å². The summed E-state index contributed by atoms with van der Waals surface area (Å²) in [5, 5.41) is 15.7. The standard InChI is InChI=1S/C17H20N2O5/c1-9(16-10(2)19-24-11(16)3)7-15(20)18-12-5-6-13(17(21)22)14(8-12)23-4/h5-6,8-9H,7H2,1-4H3,(H,18,20)(H,21,22). The van der Waals surface area contributed by atoms with Crippen LogP contribution >= 0.6 is 0 Å². The number of hydrogen-bond donors (Lipinski definition) is 2. The van der Waals surface area contributed by atoms with Crippen LogP contribution in [0.1, 0.15) is 46.6 Å². The SMILES string of the molecule is COc1cc(NC(=O)CC(C)c2c(C)noc2C)ccc1C(=O)O. The zero-order valence-electron chi connectivity index (χ0n) is 14.0. The Balaban J connectivity index is 2.08. The van der Waals surface area contributed by atoms with Crippen molar-refractivity contribution in [3.8, 4) is 5.75 Å². The molecule has 0 spiro atoms. The van der Waals surface area contributed by atoms with Gasteiger partial charge in [0.05, 0.1) is 12.8 Å². The lowest BCUT2D eigenvalue weighted by Gasteiger charge is -2.13. The normalized spacial score (nSPS) is 11.8. The number of carbonyl (C=O) groups excluding carboxylic acids is 1. The number of nitrogens with one attached hydrogen (secondary N) is 1. The van der Waals surface area contributed by atoms with Crippen LogP contribution in [-0.4, -0.2) is 29.2 Å². The molecule has 0 aliphatic rings. The van der Waals surface area contributed by atoms with Crippen LogP contribution < -0.4 is 10.1 Å². The molecule has 1 unspecified atom stereocenters. The number of carboxylic acid groups (broad SMARTS) is 1. The third-order valence-corrected chi connectivity index (χ3v) is 3.79. The van der Waals surface area contributed by atoms with Crippen molar-refractivity contribution in [1.29, 1.82) is 0 Å². The van der Waals surface area contributed by atoms with Crippen molar-refractivity contribution in [2.45, 2.75) is 33.1 Å². The predicted molar refractivity (Wildman–Crippen MR) is 87.6 cm³/mol. The van der Waals surface area contributed by atoms with Gasteiger partial charge in [-0.25, -0.2) is 4.79 Å². The number of ether oxygens (including phenoxy) is 1. The van der Waals surface area contributed by atoms with Crippen LogP contribution in [0, 0.1) is 13.8 Å². The highest BCUT2D eigenvalue weighted by molar-refractivity contribution is 5.94. The highest BCUT2D eigenvalue weighted by Crippen LogP contribution is 2.27. The van der Waals surface area contributed by atoms with Gasteiger partial charge < -0.3 is 19.7 Å². The minimum Gasteiger partial charge on any atom is -0.496 e. The third-order valence-electron chi connectivity index (χ3n) is 3.79. The van der Waals surface area contributed by atoms with Gasteiger partial charge in [-0.2, -0.15) is 0 Å². The van der Waals surface area contributed by atoms with E-state index in [1.807, 2.05) is 20.8 Å². The first kappa shape index (κ1) is 17.5. The van der Waals surface area contributed by atoms with Crippen molar-refractivity contribution in [3.05, 3.63) is 40.8 Å². The van der Waals surface area contributed by atoms with Gasteiger partial charge in [0.2, 0.25) is 5.91 Å². The van der Waals surface area contributed by atoms with Crippen LogP contribution in [-0.2, 0) is 4.79 Å². The maximum atomic E-state index is 12.2. The van der Waals surface area contributed by atoms with Crippen LogP contribution in [0.15, 0.2) is 22.7 Å². The molecule has 0 fully saturated rings. The van der Waals surface area contributed by atoms with E-state index in [-0.39, 0.29) is 29.6 Å². The number of anilines is 1. The topological polar surface area (TPSA) is 102 Å². The van der Waals surface area contributed by atoms with Gasteiger partial charge in [0.15, 0.2) is 0 Å². The molecule has 2 aromatic rings. The van der Waals surface area contributed by atoms with E-state index in [4.69, 9.17) is 14.4 Å². The average Bonchev–Trinajstić information content (AvgIpc) is 2.85. The first-order valence-electron chi connectivity index (χ1n) is 7.47. The van der Waals surface area contributed by atoms with Crippen molar-refractivity contribution in [1.82, 2.24) is 5.16 Å². The fourth-order valence-electron chi connectivity index (χ4n) is 2.73. The Morgan fingerprint density at radius 3 is 2.62 bits per heavy atom. The molecule has 1 amide bonds. The summed E-state index contributed by atoms with van der Waals surface area (Å²) in [4.78, 5) is 23.3. The fraction of sp³-hybridized carbons (Fsp3) is 0.353. The molecule has 0 aliphatic carbocycles. The van der Waals surface area contributed by atoms with Crippen LogP contribution in [0.3, 0.4) is 0 Å². The second kappa shape index (κ2) is 7.16. The van der Waals surface area contributed by atoms with Crippen LogP contribution in [0.5, 0.6) is 5.75 Å². The second-order valence-electron chi connectivity index (χ2n) is 5.61. The maximum absolute atomic E-state index is 12.2. The lowest BCUT2D eigenvalue weighted by Crippen LogP contribution is -2.15. The van der Waals surface area contributed by atoms with Crippen LogP contribution in [0.4, 0.5) is 5.69 Å². The summed E-state index contributed by atoms with van der Waals surface area (Å²) in [7, 11) is 1.38. The van der Waals surface area contributed by atoms with E-state index in [2.05, 4.69) is 10.5 Å². The number of hydrogen-bond acceptors (Lipinski definition) is 5. The Labute approximate surface area is 139 Å². The third kappa shape index (κ3) is 3.73. The Kier molecular flexibility index (Phi) is 5.23. The molecule has 1 heterocycles. The van der Waals surface area contributed by atoms with Gasteiger partial charge in [-0.05, 0) is 31.9 Å². The minimum absolute atomic E-state index is 0.0413. The summed E-state index contributed by atoms with van der Waals surface area (Å²) in [6.45, 7) is 5.59. The zero-order chi connectivity index (χ0) is 17.9. The molecule has 2 rings (SSSR count). The number of methoxy groups -OCH3 is 1. The number of aryl methyl sites for hydroxylation is 2. The van der Waals surface area contributed by atoms with Gasteiger partial charge in [-0.15, -0.1) is 0 Å². The van der Waals surface area contributed by atoms with Crippen molar-refractivity contribution in [2.75, 3.05) is 12.4 Å². The molecular weight excluding hydrogens is 312 g/mol. The molecule has 1 aromatic heterocycles. The van der Waals surface area contributed by atoms with E-state index in [0.717, 1.165) is 11.3 Å². The molecule has 0 aliphatic heterocycles. The Bertz CT molecular complexity index is 747. The molecule has 1 atom stereocenters. The van der Waals surface area contributed by atoms with Crippen molar-refractivity contribution in [2.24, 2.45) is 0 Å². The number of amides is 1. The number of carboxylic acids is 1. The molecule has 0 saturated heterocycles. The molecule has 0 bridgehead atoms. The number of benzene rings is 1. The average molecular weight is 332 g/mol. The van der Waals surface area contributed by atoms with E-state index >= 15 is 0 Å². The largest absolute Gasteiger partial charge is 0.496 e. The predicted octanol–water partition coefficient (Wildman–Crippen LogP) is 3.13. The summed E-state index contributed by atoms with van der Waals surface area (Å²) in [6.07, 6.45) is 0.256. The van der Waals surface area contributed by atoms with E-state index in [0.29, 0.717) is 11.4 Å². The first-order valence-corrected chi connectivity index (χ1v) is 7.47. The van der Waals surface area contributed by atoms with Gasteiger partial charge in [0, 0.05) is 23.7 Å². The monoisotopic (exact) mass is 332 g/mol. The number of carbonyl (C=O) groups is 2. The number of rotatable bonds is 6. The molecule has 24 heavy (non-hydrogen) atoms. The number of nitrogens with zero attached hydrogens (tertiary/aromatic N) is 1. The molecule has 128 valence electrons. The summed E-state index contributed by atoms with van der Waals surface area (Å²) < 4.78 is 10.2. The first-order chi connectivity index (χ1) is 11.3. The lowest BCUT2D eigenvalue weighted by molar-refractivity contribution is -0.116. The fourth-order valence-corrected chi connectivity index (χ4v) is 2.73. The molecule has 0 saturated carbocycles. The van der Waals surface area contributed by atoms with E-state index in [1.54, 1.807) is 0 Å².